The van der Waals surface area contributed by atoms with Crippen molar-refractivity contribution in [3.05, 3.63) is 81.0 Å². The summed E-state index contributed by atoms with van der Waals surface area (Å²) < 4.78 is 6.13. The second kappa shape index (κ2) is 5.03. The number of rotatable bonds is 1. The van der Waals surface area contributed by atoms with Gasteiger partial charge in [0.1, 0.15) is 5.76 Å². The Hall–Kier alpha value is -2.46. The largest absolute Gasteiger partial charge is 0.464 e. The van der Waals surface area contributed by atoms with Crippen LogP contribution in [0.5, 0.6) is 0 Å². The number of carbonyl (C=O) groups excluding carboxylic acids is 2. The standard InChI is InChI=1S/C19H11BrO3/c1-10-9-13(20)16-17(15(10)14-7-4-8-23-14)19(22)12-6-3-2-5-11(12)18(16)21/h2-9H,1H3. The van der Waals surface area contributed by atoms with Crippen molar-refractivity contribution in [1.29, 1.82) is 0 Å². The number of hydrogen-bond donors (Lipinski definition) is 0. The first-order valence-corrected chi connectivity index (χ1v) is 7.94. The van der Waals surface area contributed by atoms with Crippen molar-refractivity contribution in [1.82, 2.24) is 0 Å². The van der Waals surface area contributed by atoms with E-state index >= 15 is 0 Å². The fourth-order valence-corrected chi connectivity index (χ4v) is 3.83. The van der Waals surface area contributed by atoms with Gasteiger partial charge in [-0.15, -0.1) is 0 Å². The summed E-state index contributed by atoms with van der Waals surface area (Å²) in [6.07, 6.45) is 1.56. The van der Waals surface area contributed by atoms with Gasteiger partial charge in [-0.25, -0.2) is 0 Å². The lowest BCUT2D eigenvalue weighted by Gasteiger charge is -2.22. The molecule has 0 atom stereocenters. The van der Waals surface area contributed by atoms with Gasteiger partial charge >= 0.3 is 0 Å². The van der Waals surface area contributed by atoms with Crippen molar-refractivity contribution in [2.24, 2.45) is 0 Å². The number of benzene rings is 2. The van der Waals surface area contributed by atoms with Crippen LogP contribution in [0.2, 0.25) is 0 Å². The van der Waals surface area contributed by atoms with Crippen LogP contribution in [0.1, 0.15) is 37.4 Å². The van der Waals surface area contributed by atoms with Crippen molar-refractivity contribution in [3.63, 3.8) is 0 Å². The van der Waals surface area contributed by atoms with Crippen molar-refractivity contribution >= 4 is 27.5 Å². The van der Waals surface area contributed by atoms with E-state index in [1.54, 1.807) is 42.7 Å². The highest BCUT2D eigenvalue weighted by atomic mass is 79.9. The van der Waals surface area contributed by atoms with Crippen molar-refractivity contribution < 1.29 is 14.0 Å². The second-order valence-corrected chi connectivity index (χ2v) is 6.34. The lowest BCUT2D eigenvalue weighted by molar-refractivity contribution is 0.0979. The molecule has 3 nitrogen and oxygen atoms in total. The molecule has 23 heavy (non-hydrogen) atoms. The maximum atomic E-state index is 13.1. The van der Waals surface area contributed by atoms with E-state index in [2.05, 4.69) is 15.9 Å². The first-order chi connectivity index (χ1) is 11.1. The number of aryl methyl sites for hydroxylation is 1. The van der Waals surface area contributed by atoms with Gasteiger partial charge in [0.15, 0.2) is 11.6 Å². The fourth-order valence-electron chi connectivity index (χ4n) is 3.11. The Morgan fingerprint density at radius 3 is 2.13 bits per heavy atom. The average Bonchev–Trinajstić information content (AvgIpc) is 3.06. The molecule has 4 rings (SSSR count). The van der Waals surface area contributed by atoms with Crippen LogP contribution in [-0.2, 0) is 0 Å². The summed E-state index contributed by atoms with van der Waals surface area (Å²) in [6, 6.07) is 12.4. The molecule has 0 amide bonds. The van der Waals surface area contributed by atoms with Gasteiger partial charge in [-0.3, -0.25) is 9.59 Å². The minimum absolute atomic E-state index is 0.144. The Balaban J connectivity index is 2.12. The van der Waals surface area contributed by atoms with E-state index in [-0.39, 0.29) is 11.6 Å². The smallest absolute Gasteiger partial charge is 0.195 e. The Morgan fingerprint density at radius 2 is 1.52 bits per heavy atom. The molecule has 0 spiro atoms. The molecule has 2 aromatic carbocycles. The topological polar surface area (TPSA) is 47.3 Å². The van der Waals surface area contributed by atoms with Gasteiger partial charge in [0.25, 0.3) is 0 Å². The first kappa shape index (κ1) is 14.2. The average molecular weight is 367 g/mol. The zero-order valence-electron chi connectivity index (χ0n) is 12.2. The van der Waals surface area contributed by atoms with E-state index in [1.807, 2.05) is 13.0 Å². The van der Waals surface area contributed by atoms with Gasteiger partial charge < -0.3 is 4.42 Å². The molecular formula is C19H11BrO3. The van der Waals surface area contributed by atoms with E-state index in [0.717, 1.165) is 5.56 Å². The monoisotopic (exact) mass is 366 g/mol. The lowest BCUT2D eigenvalue weighted by Crippen LogP contribution is -2.22. The molecular weight excluding hydrogens is 356 g/mol. The zero-order valence-corrected chi connectivity index (χ0v) is 13.8. The summed E-state index contributed by atoms with van der Waals surface area (Å²) in [4.78, 5) is 26.0. The van der Waals surface area contributed by atoms with Gasteiger partial charge in [0.05, 0.1) is 6.26 Å². The molecule has 3 aromatic rings. The minimum atomic E-state index is -0.147. The molecule has 0 saturated heterocycles. The third-order valence-electron chi connectivity index (χ3n) is 4.11. The number of furan rings is 1. The predicted octanol–water partition coefficient (Wildman–Crippen LogP) is 4.79. The van der Waals surface area contributed by atoms with Crippen molar-refractivity contribution in [3.8, 4) is 11.3 Å². The van der Waals surface area contributed by atoms with E-state index < -0.39 is 0 Å². The maximum absolute atomic E-state index is 13.1. The van der Waals surface area contributed by atoms with Crippen LogP contribution < -0.4 is 0 Å². The molecule has 0 bridgehead atoms. The molecule has 0 radical (unpaired) electrons. The van der Waals surface area contributed by atoms with Crippen LogP contribution in [-0.4, -0.2) is 11.6 Å². The van der Waals surface area contributed by atoms with Crippen LogP contribution in [0.15, 0.2) is 57.6 Å². The Bertz CT molecular complexity index is 969. The molecule has 0 N–H and O–H groups in total. The van der Waals surface area contributed by atoms with Crippen LogP contribution in [0.4, 0.5) is 0 Å². The van der Waals surface area contributed by atoms with Crippen molar-refractivity contribution in [2.45, 2.75) is 6.92 Å². The first-order valence-electron chi connectivity index (χ1n) is 7.15. The number of carbonyl (C=O) groups is 2. The summed E-state index contributed by atoms with van der Waals surface area (Å²) >= 11 is 3.45. The molecule has 0 fully saturated rings. The zero-order chi connectivity index (χ0) is 16.1. The number of ketones is 2. The summed E-state index contributed by atoms with van der Waals surface area (Å²) in [5.41, 5.74) is 3.27. The molecule has 1 aliphatic carbocycles. The van der Waals surface area contributed by atoms with E-state index in [4.69, 9.17) is 4.42 Å². The summed E-state index contributed by atoms with van der Waals surface area (Å²) in [5.74, 6) is 0.299. The van der Waals surface area contributed by atoms with E-state index in [9.17, 15) is 9.59 Å². The fraction of sp³-hybridized carbons (Fsp3) is 0.0526. The van der Waals surface area contributed by atoms with Crippen LogP contribution in [0.25, 0.3) is 11.3 Å². The van der Waals surface area contributed by atoms with Gasteiger partial charge in [0.2, 0.25) is 0 Å². The number of hydrogen-bond acceptors (Lipinski definition) is 3. The van der Waals surface area contributed by atoms with Gasteiger partial charge in [0, 0.05) is 32.3 Å². The quantitative estimate of drug-likeness (QED) is 0.486. The van der Waals surface area contributed by atoms with Crippen molar-refractivity contribution in [2.75, 3.05) is 0 Å². The highest BCUT2D eigenvalue weighted by Gasteiger charge is 2.34. The van der Waals surface area contributed by atoms with Gasteiger partial charge in [-0.05, 0) is 46.6 Å². The van der Waals surface area contributed by atoms with Gasteiger partial charge in [-0.2, -0.15) is 0 Å². The molecule has 4 heteroatoms. The molecule has 0 aliphatic heterocycles. The summed E-state index contributed by atoms with van der Waals surface area (Å²) in [7, 11) is 0. The minimum Gasteiger partial charge on any atom is -0.464 e. The Labute approximate surface area is 141 Å². The number of fused-ring (bicyclic) bond motifs is 2. The van der Waals surface area contributed by atoms with Crippen LogP contribution in [0.3, 0.4) is 0 Å². The highest BCUT2D eigenvalue weighted by Crippen LogP contribution is 2.40. The summed E-state index contributed by atoms with van der Waals surface area (Å²) in [6.45, 7) is 1.90. The SMILES string of the molecule is Cc1cc(Br)c2c(c1-c1ccco1)C(=O)c1ccccc1C2=O. The molecule has 0 unspecified atom stereocenters. The molecule has 1 heterocycles. The molecule has 1 aliphatic rings. The number of halogens is 1. The summed E-state index contributed by atoms with van der Waals surface area (Å²) in [5, 5.41) is 0. The second-order valence-electron chi connectivity index (χ2n) is 5.48. The van der Waals surface area contributed by atoms with Gasteiger partial charge in [-0.1, -0.05) is 24.3 Å². The normalized spacial score (nSPS) is 13.0. The predicted molar refractivity (Wildman–Crippen MR) is 89.9 cm³/mol. The maximum Gasteiger partial charge on any atom is 0.195 e. The molecule has 112 valence electrons. The molecule has 0 saturated carbocycles. The lowest BCUT2D eigenvalue weighted by atomic mass is 9.80. The third kappa shape index (κ3) is 1.95. The van der Waals surface area contributed by atoms with E-state index in [1.165, 1.54) is 0 Å². The Kier molecular flexibility index (Phi) is 3.10. The molecule has 1 aromatic heterocycles. The van der Waals surface area contributed by atoms with Crippen LogP contribution in [0, 0.1) is 6.92 Å². The van der Waals surface area contributed by atoms with Crippen LogP contribution >= 0.6 is 15.9 Å². The Morgan fingerprint density at radius 1 is 0.870 bits per heavy atom. The highest BCUT2D eigenvalue weighted by molar-refractivity contribution is 9.10. The van der Waals surface area contributed by atoms with E-state index in [0.29, 0.717) is 38.1 Å². The third-order valence-corrected chi connectivity index (χ3v) is 4.74.